The van der Waals surface area contributed by atoms with E-state index in [1.807, 2.05) is 22.6 Å². The zero-order chi connectivity index (χ0) is 12.8. The van der Waals surface area contributed by atoms with Gasteiger partial charge in [0.25, 0.3) is 0 Å². The molecule has 0 aliphatic heterocycles. The SMILES string of the molecule is CC(C)CC(CO)CNc1cc(Cl)nc(I)n1. The highest BCUT2D eigenvalue weighted by Crippen LogP contribution is 2.15. The maximum atomic E-state index is 9.26. The van der Waals surface area contributed by atoms with Crippen LogP contribution in [0.4, 0.5) is 5.82 Å². The highest BCUT2D eigenvalue weighted by molar-refractivity contribution is 14.1. The van der Waals surface area contributed by atoms with Gasteiger partial charge in [-0.1, -0.05) is 25.4 Å². The summed E-state index contributed by atoms with van der Waals surface area (Å²) in [7, 11) is 0. The summed E-state index contributed by atoms with van der Waals surface area (Å²) in [6, 6.07) is 1.69. The van der Waals surface area contributed by atoms with Gasteiger partial charge in [0.05, 0.1) is 0 Å². The molecule has 0 fully saturated rings. The summed E-state index contributed by atoms with van der Waals surface area (Å²) in [6.45, 7) is 5.17. The first-order valence-corrected chi connectivity index (χ1v) is 7.01. The van der Waals surface area contributed by atoms with Gasteiger partial charge >= 0.3 is 0 Å². The van der Waals surface area contributed by atoms with Crippen molar-refractivity contribution in [2.45, 2.75) is 20.3 Å². The van der Waals surface area contributed by atoms with Gasteiger partial charge in [0.15, 0.2) is 3.83 Å². The first-order valence-electron chi connectivity index (χ1n) is 5.56. The van der Waals surface area contributed by atoms with E-state index >= 15 is 0 Å². The molecule has 4 nitrogen and oxygen atoms in total. The zero-order valence-corrected chi connectivity index (χ0v) is 12.9. The maximum absolute atomic E-state index is 9.26. The van der Waals surface area contributed by atoms with Crippen molar-refractivity contribution in [3.8, 4) is 0 Å². The number of hydrogen-bond donors (Lipinski definition) is 2. The molecule has 1 unspecified atom stereocenters. The molecule has 1 atom stereocenters. The zero-order valence-electron chi connectivity index (χ0n) is 9.95. The average Bonchev–Trinajstić information content (AvgIpc) is 2.22. The molecule has 96 valence electrons. The molecule has 17 heavy (non-hydrogen) atoms. The molecule has 1 aromatic heterocycles. The Morgan fingerprint density at radius 3 is 2.71 bits per heavy atom. The first-order chi connectivity index (χ1) is 8.01. The fourth-order valence-corrected chi connectivity index (χ4v) is 2.46. The largest absolute Gasteiger partial charge is 0.396 e. The van der Waals surface area contributed by atoms with Gasteiger partial charge in [-0.15, -0.1) is 0 Å². The molecule has 0 aliphatic rings. The van der Waals surface area contributed by atoms with Crippen LogP contribution in [0.2, 0.25) is 5.15 Å². The molecular weight excluding hydrogens is 352 g/mol. The second kappa shape index (κ2) is 7.33. The molecule has 0 aromatic carbocycles. The van der Waals surface area contributed by atoms with E-state index in [0.717, 1.165) is 6.42 Å². The normalized spacial score (nSPS) is 12.8. The van der Waals surface area contributed by atoms with E-state index in [4.69, 9.17) is 11.6 Å². The summed E-state index contributed by atoms with van der Waals surface area (Å²) in [6.07, 6.45) is 0.986. The number of aromatic nitrogens is 2. The van der Waals surface area contributed by atoms with Gasteiger partial charge in [-0.2, -0.15) is 0 Å². The fraction of sp³-hybridized carbons (Fsp3) is 0.636. The highest BCUT2D eigenvalue weighted by atomic mass is 127. The third-order valence-corrected chi connectivity index (χ3v) is 2.98. The number of hydrogen-bond acceptors (Lipinski definition) is 4. The molecule has 0 aliphatic carbocycles. The Bertz CT molecular complexity index is 342. The Kier molecular flexibility index (Phi) is 6.43. The molecule has 0 radical (unpaired) electrons. The predicted octanol–water partition coefficient (Wildman–Crippen LogP) is 2.80. The van der Waals surface area contributed by atoms with Crippen LogP contribution in [0.25, 0.3) is 0 Å². The topological polar surface area (TPSA) is 58.0 Å². The number of nitrogens with zero attached hydrogens (tertiary/aromatic N) is 2. The molecule has 1 aromatic rings. The smallest absolute Gasteiger partial charge is 0.194 e. The maximum Gasteiger partial charge on any atom is 0.194 e. The lowest BCUT2D eigenvalue weighted by Crippen LogP contribution is -2.20. The Labute approximate surface area is 120 Å². The Morgan fingerprint density at radius 1 is 1.47 bits per heavy atom. The Morgan fingerprint density at radius 2 is 2.18 bits per heavy atom. The lowest BCUT2D eigenvalue weighted by atomic mass is 9.98. The molecule has 0 bridgehead atoms. The van der Waals surface area contributed by atoms with Crippen molar-refractivity contribution in [2.24, 2.45) is 11.8 Å². The predicted molar refractivity (Wildman–Crippen MR) is 78.3 cm³/mol. The van der Waals surface area contributed by atoms with Gasteiger partial charge in [0.1, 0.15) is 11.0 Å². The third kappa shape index (κ3) is 5.83. The van der Waals surface area contributed by atoms with Gasteiger partial charge in [-0.05, 0) is 18.3 Å². The van der Waals surface area contributed by atoms with E-state index in [0.29, 0.717) is 27.3 Å². The van der Waals surface area contributed by atoms with Crippen molar-refractivity contribution < 1.29 is 5.11 Å². The van der Waals surface area contributed by atoms with Crippen molar-refractivity contribution in [3.05, 3.63) is 15.1 Å². The van der Waals surface area contributed by atoms with Crippen LogP contribution in [0.3, 0.4) is 0 Å². The van der Waals surface area contributed by atoms with Crippen LogP contribution in [-0.2, 0) is 0 Å². The van der Waals surface area contributed by atoms with Gasteiger partial charge in [0, 0.05) is 41.8 Å². The van der Waals surface area contributed by atoms with E-state index < -0.39 is 0 Å². The summed E-state index contributed by atoms with van der Waals surface area (Å²) >= 11 is 7.86. The second-order valence-electron chi connectivity index (χ2n) is 4.40. The van der Waals surface area contributed by atoms with E-state index in [-0.39, 0.29) is 12.5 Å². The molecule has 1 rings (SSSR count). The van der Waals surface area contributed by atoms with Crippen molar-refractivity contribution in [3.63, 3.8) is 0 Å². The minimum atomic E-state index is 0.182. The minimum absolute atomic E-state index is 0.182. The van der Waals surface area contributed by atoms with Crippen LogP contribution in [-0.4, -0.2) is 28.2 Å². The molecule has 2 N–H and O–H groups in total. The highest BCUT2D eigenvalue weighted by Gasteiger charge is 2.10. The van der Waals surface area contributed by atoms with Crippen molar-refractivity contribution in [1.29, 1.82) is 0 Å². The van der Waals surface area contributed by atoms with E-state index in [2.05, 4.69) is 29.1 Å². The summed E-state index contributed by atoms with van der Waals surface area (Å²) < 4.78 is 0.613. The van der Waals surface area contributed by atoms with Crippen LogP contribution >= 0.6 is 34.2 Å². The molecule has 6 heteroatoms. The van der Waals surface area contributed by atoms with Crippen LogP contribution < -0.4 is 5.32 Å². The van der Waals surface area contributed by atoms with Crippen LogP contribution in [0, 0.1) is 15.7 Å². The quantitative estimate of drug-likeness (QED) is 0.460. The van der Waals surface area contributed by atoms with Gasteiger partial charge in [-0.25, -0.2) is 9.97 Å². The number of rotatable bonds is 6. The van der Waals surface area contributed by atoms with Gasteiger partial charge < -0.3 is 10.4 Å². The summed E-state index contributed by atoms with van der Waals surface area (Å²) in [4.78, 5) is 8.20. The van der Waals surface area contributed by atoms with Crippen molar-refractivity contribution in [2.75, 3.05) is 18.5 Å². The van der Waals surface area contributed by atoms with Crippen molar-refractivity contribution in [1.82, 2.24) is 9.97 Å². The van der Waals surface area contributed by atoms with E-state index in [9.17, 15) is 5.11 Å². The summed E-state index contributed by atoms with van der Waals surface area (Å²) in [5, 5.41) is 12.9. The number of aliphatic hydroxyl groups is 1. The van der Waals surface area contributed by atoms with Gasteiger partial charge in [0.2, 0.25) is 0 Å². The molecule has 0 saturated carbocycles. The van der Waals surface area contributed by atoms with Crippen LogP contribution in [0.5, 0.6) is 0 Å². The summed E-state index contributed by atoms with van der Waals surface area (Å²) in [5.41, 5.74) is 0. The summed E-state index contributed by atoms with van der Waals surface area (Å²) in [5.74, 6) is 1.51. The lowest BCUT2D eigenvalue weighted by Gasteiger charge is -2.17. The van der Waals surface area contributed by atoms with E-state index in [1.54, 1.807) is 6.07 Å². The molecule has 0 amide bonds. The Balaban J connectivity index is 2.53. The third-order valence-electron chi connectivity index (χ3n) is 2.30. The number of nitrogens with one attached hydrogen (secondary N) is 1. The molecular formula is C11H17ClIN3O. The molecule has 1 heterocycles. The molecule has 0 spiro atoms. The molecule has 0 saturated heterocycles. The number of anilines is 1. The fourth-order valence-electron chi connectivity index (χ4n) is 1.62. The van der Waals surface area contributed by atoms with Crippen molar-refractivity contribution >= 4 is 40.0 Å². The number of halogens is 2. The van der Waals surface area contributed by atoms with Gasteiger partial charge in [-0.3, -0.25) is 0 Å². The average molecular weight is 370 g/mol. The van der Waals surface area contributed by atoms with E-state index in [1.165, 1.54) is 0 Å². The van der Waals surface area contributed by atoms with Crippen LogP contribution in [0.15, 0.2) is 6.07 Å². The Hall–Kier alpha value is -0.140. The monoisotopic (exact) mass is 369 g/mol. The standard InChI is InChI=1S/C11H17ClIN3O/c1-7(2)3-8(6-17)5-14-10-4-9(12)15-11(13)16-10/h4,7-8,17H,3,5-6H2,1-2H3,(H,14,15,16). The number of aliphatic hydroxyl groups excluding tert-OH is 1. The second-order valence-corrected chi connectivity index (χ2v) is 5.76. The first kappa shape index (κ1) is 14.9. The lowest BCUT2D eigenvalue weighted by molar-refractivity contribution is 0.213. The minimum Gasteiger partial charge on any atom is -0.396 e. The van der Waals surface area contributed by atoms with Crippen LogP contribution in [0.1, 0.15) is 20.3 Å².